The fraction of sp³-hybridized carbons (Fsp3) is 0.391. The summed E-state index contributed by atoms with van der Waals surface area (Å²) in [6.07, 6.45) is 3.02. The maximum Gasteiger partial charge on any atom is 0.222 e. The predicted octanol–water partition coefficient (Wildman–Crippen LogP) is 4.66. The van der Waals surface area contributed by atoms with Gasteiger partial charge < -0.3 is 16.2 Å². The van der Waals surface area contributed by atoms with Gasteiger partial charge in [-0.15, -0.1) is 0 Å². The number of ether oxygens (including phenoxy) is 1. The average Bonchev–Trinajstić information content (AvgIpc) is 2.71. The molecule has 1 saturated heterocycles. The lowest BCUT2D eigenvalue weighted by Gasteiger charge is -2.33. The van der Waals surface area contributed by atoms with Crippen LogP contribution in [0.4, 0.5) is 16.2 Å². The molecule has 1 unspecified atom stereocenters. The Labute approximate surface area is 186 Å². The van der Waals surface area contributed by atoms with Gasteiger partial charge >= 0.3 is 0 Å². The van der Waals surface area contributed by atoms with E-state index in [1.807, 2.05) is 18.2 Å². The van der Waals surface area contributed by atoms with Crippen LogP contribution in [0.3, 0.4) is 0 Å². The maximum atomic E-state index is 14.1. The molecule has 1 aliphatic heterocycles. The van der Waals surface area contributed by atoms with Crippen molar-refractivity contribution in [3.8, 4) is 5.75 Å². The molecule has 8 heteroatoms. The number of likely N-dealkylation sites (tertiary alicyclic amines) is 1. The molecule has 0 radical (unpaired) electrons. The van der Waals surface area contributed by atoms with Crippen LogP contribution in [0.25, 0.3) is 10.9 Å². The number of benzene rings is 2. The zero-order chi connectivity index (χ0) is 22.0. The maximum absolute atomic E-state index is 14.1. The molecule has 164 valence electrons. The fourth-order valence-corrected chi connectivity index (χ4v) is 4.54. The number of nitrogen functional groups attached to an aromatic ring is 2. The fourth-order valence-electron chi connectivity index (χ4n) is 4.32. The molecule has 0 amide bonds. The van der Waals surface area contributed by atoms with E-state index in [1.165, 1.54) is 6.07 Å². The Morgan fingerprint density at radius 1 is 1.16 bits per heavy atom. The molecule has 4 N–H and O–H groups in total. The van der Waals surface area contributed by atoms with Gasteiger partial charge in [0.15, 0.2) is 0 Å². The Bertz CT molecular complexity index is 1050. The summed E-state index contributed by atoms with van der Waals surface area (Å²) in [4.78, 5) is 10.6. The van der Waals surface area contributed by atoms with Crippen molar-refractivity contribution in [1.82, 2.24) is 14.9 Å². The van der Waals surface area contributed by atoms with Crippen molar-refractivity contribution in [3.05, 3.63) is 52.8 Å². The van der Waals surface area contributed by atoms with Crippen LogP contribution in [0.15, 0.2) is 36.4 Å². The van der Waals surface area contributed by atoms with Gasteiger partial charge in [-0.25, -0.2) is 9.37 Å². The third-order valence-corrected chi connectivity index (χ3v) is 6.23. The van der Waals surface area contributed by atoms with Gasteiger partial charge in [-0.3, -0.25) is 4.90 Å². The molecular weight excluding hydrogens is 417 g/mol. The molecule has 4 rings (SSSR count). The van der Waals surface area contributed by atoms with Gasteiger partial charge in [0.05, 0.1) is 17.0 Å². The highest BCUT2D eigenvalue weighted by Crippen LogP contribution is 2.32. The van der Waals surface area contributed by atoms with Crippen molar-refractivity contribution in [2.24, 2.45) is 5.92 Å². The van der Waals surface area contributed by atoms with E-state index >= 15 is 0 Å². The van der Waals surface area contributed by atoms with Gasteiger partial charge in [0.2, 0.25) is 5.95 Å². The first-order valence-corrected chi connectivity index (χ1v) is 10.9. The topological polar surface area (TPSA) is 90.3 Å². The smallest absolute Gasteiger partial charge is 0.222 e. The SMILES string of the molecule is CC(CC1CCN(Cc2c(F)cccc2Cl)CC1)Oc1cccc2nc(N)nc(N)c12. The molecule has 1 aromatic heterocycles. The molecule has 6 nitrogen and oxygen atoms in total. The minimum Gasteiger partial charge on any atom is -0.490 e. The number of piperidine rings is 1. The van der Waals surface area contributed by atoms with Crippen LogP contribution in [0.5, 0.6) is 5.75 Å². The van der Waals surface area contributed by atoms with Gasteiger partial charge in [0.25, 0.3) is 0 Å². The second-order valence-corrected chi connectivity index (χ2v) is 8.61. The zero-order valence-electron chi connectivity index (χ0n) is 17.5. The number of nitrogens with two attached hydrogens (primary N) is 2. The standard InChI is InChI=1S/C23H27ClFN5O/c1-14(31-20-7-3-6-19-21(20)22(26)29-23(27)28-19)12-15-8-10-30(11-9-15)13-16-17(24)4-2-5-18(16)25/h2-7,14-15H,8-13H2,1H3,(H4,26,27,28,29). The normalized spacial score (nSPS) is 16.5. The Kier molecular flexibility index (Phi) is 6.43. The third kappa shape index (κ3) is 4.99. The van der Waals surface area contributed by atoms with Crippen LogP contribution < -0.4 is 16.2 Å². The molecule has 2 heterocycles. The number of anilines is 2. The predicted molar refractivity (Wildman–Crippen MR) is 122 cm³/mol. The van der Waals surface area contributed by atoms with Crippen LogP contribution in [0.1, 0.15) is 31.7 Å². The second-order valence-electron chi connectivity index (χ2n) is 8.20. The lowest BCUT2D eigenvalue weighted by molar-refractivity contribution is 0.128. The highest BCUT2D eigenvalue weighted by atomic mass is 35.5. The summed E-state index contributed by atoms with van der Waals surface area (Å²) < 4.78 is 20.3. The summed E-state index contributed by atoms with van der Waals surface area (Å²) in [5, 5.41) is 1.18. The van der Waals surface area contributed by atoms with Gasteiger partial charge in [-0.2, -0.15) is 4.98 Å². The second kappa shape index (κ2) is 9.24. The molecular formula is C23H27ClFN5O. The van der Waals surface area contributed by atoms with Gasteiger partial charge in [-0.05, 0) is 69.5 Å². The highest BCUT2D eigenvalue weighted by Gasteiger charge is 2.23. The summed E-state index contributed by atoms with van der Waals surface area (Å²) in [6.45, 7) is 4.44. The van der Waals surface area contributed by atoms with Crippen LogP contribution >= 0.6 is 11.6 Å². The summed E-state index contributed by atoms with van der Waals surface area (Å²) in [6, 6.07) is 10.5. The monoisotopic (exact) mass is 443 g/mol. The van der Waals surface area contributed by atoms with Crippen LogP contribution in [0, 0.1) is 11.7 Å². The van der Waals surface area contributed by atoms with E-state index in [0.717, 1.165) is 32.4 Å². The van der Waals surface area contributed by atoms with E-state index in [4.69, 9.17) is 27.8 Å². The first kappa shape index (κ1) is 21.6. The van der Waals surface area contributed by atoms with E-state index in [1.54, 1.807) is 12.1 Å². The quantitative estimate of drug-likeness (QED) is 0.576. The van der Waals surface area contributed by atoms with Crippen LogP contribution in [-0.2, 0) is 6.54 Å². The van der Waals surface area contributed by atoms with Gasteiger partial charge in [0.1, 0.15) is 17.4 Å². The molecule has 1 aliphatic rings. The minimum atomic E-state index is -0.239. The lowest BCUT2D eigenvalue weighted by Crippen LogP contribution is -2.35. The number of nitrogens with zero attached hydrogens (tertiary/aromatic N) is 3. The Morgan fingerprint density at radius 2 is 1.90 bits per heavy atom. The van der Waals surface area contributed by atoms with Gasteiger partial charge in [0, 0.05) is 17.1 Å². The molecule has 0 aliphatic carbocycles. The highest BCUT2D eigenvalue weighted by molar-refractivity contribution is 6.31. The van der Waals surface area contributed by atoms with E-state index in [2.05, 4.69) is 21.8 Å². The van der Waals surface area contributed by atoms with Crippen molar-refractivity contribution in [2.45, 2.75) is 38.8 Å². The van der Waals surface area contributed by atoms with Crippen molar-refractivity contribution >= 4 is 34.3 Å². The number of fused-ring (bicyclic) bond motifs is 1. The summed E-state index contributed by atoms with van der Waals surface area (Å²) in [7, 11) is 0. The van der Waals surface area contributed by atoms with Crippen LogP contribution in [-0.4, -0.2) is 34.1 Å². The van der Waals surface area contributed by atoms with Crippen LogP contribution in [0.2, 0.25) is 5.02 Å². The molecule has 0 bridgehead atoms. The number of aromatic nitrogens is 2. The van der Waals surface area contributed by atoms with Crippen molar-refractivity contribution < 1.29 is 9.13 Å². The zero-order valence-corrected chi connectivity index (χ0v) is 18.3. The summed E-state index contributed by atoms with van der Waals surface area (Å²) in [5.74, 6) is 1.46. The summed E-state index contributed by atoms with van der Waals surface area (Å²) in [5.41, 5.74) is 13.0. The first-order valence-electron chi connectivity index (χ1n) is 10.5. The molecule has 0 saturated carbocycles. The van der Waals surface area contributed by atoms with E-state index in [9.17, 15) is 4.39 Å². The number of hydrogen-bond donors (Lipinski definition) is 2. The average molecular weight is 444 g/mol. The molecule has 31 heavy (non-hydrogen) atoms. The molecule has 2 aromatic carbocycles. The van der Waals surface area contributed by atoms with Crippen molar-refractivity contribution in [2.75, 3.05) is 24.6 Å². The van der Waals surface area contributed by atoms with Gasteiger partial charge in [-0.1, -0.05) is 23.7 Å². The number of hydrogen-bond acceptors (Lipinski definition) is 6. The van der Waals surface area contributed by atoms with E-state index in [-0.39, 0.29) is 17.9 Å². The van der Waals surface area contributed by atoms with Crippen molar-refractivity contribution in [3.63, 3.8) is 0 Å². The lowest BCUT2D eigenvalue weighted by atomic mass is 9.91. The van der Waals surface area contributed by atoms with Crippen molar-refractivity contribution in [1.29, 1.82) is 0 Å². The summed E-state index contributed by atoms with van der Waals surface area (Å²) >= 11 is 6.18. The largest absolute Gasteiger partial charge is 0.490 e. The van der Waals surface area contributed by atoms with E-state index in [0.29, 0.717) is 45.5 Å². The minimum absolute atomic E-state index is 0.0140. The van der Waals surface area contributed by atoms with E-state index < -0.39 is 0 Å². The third-order valence-electron chi connectivity index (χ3n) is 5.87. The number of rotatable bonds is 6. The first-order chi connectivity index (χ1) is 14.9. The Balaban J connectivity index is 1.34. The molecule has 3 aromatic rings. The Hall–Kier alpha value is -2.64. The molecule has 1 fully saturated rings. The Morgan fingerprint density at radius 3 is 2.65 bits per heavy atom. The number of halogens is 2. The molecule has 1 atom stereocenters. The molecule has 0 spiro atoms.